The van der Waals surface area contributed by atoms with Gasteiger partial charge in [-0.15, -0.1) is 6.58 Å². The minimum atomic E-state index is 0. The van der Waals surface area contributed by atoms with Gasteiger partial charge in [-0.25, -0.2) is 0 Å². The van der Waals surface area contributed by atoms with Crippen molar-refractivity contribution in [3.8, 4) is 0 Å². The van der Waals surface area contributed by atoms with Crippen LogP contribution >= 0.6 is 0 Å². The molecule has 0 aromatic heterocycles. The third-order valence-corrected chi connectivity index (χ3v) is 1.81. The van der Waals surface area contributed by atoms with Crippen LogP contribution in [0.3, 0.4) is 0 Å². The smallest absolute Gasteiger partial charge is 0 e. The van der Waals surface area contributed by atoms with Crippen molar-refractivity contribution in [1.29, 1.82) is 0 Å². The van der Waals surface area contributed by atoms with Gasteiger partial charge in [-0.1, -0.05) is 32.6 Å². The first-order chi connectivity index (χ1) is 4.72. The maximum atomic E-state index is 4.26. The SMILES string of the molecule is C=C1[N-]CCCN1C(C)C.[Re]. The summed E-state index contributed by atoms with van der Waals surface area (Å²) in [6, 6.07) is 0.552. The van der Waals surface area contributed by atoms with Gasteiger partial charge >= 0.3 is 0 Å². The van der Waals surface area contributed by atoms with Gasteiger partial charge < -0.3 is 10.2 Å². The fraction of sp³-hybridized carbons (Fsp3) is 0.750. The van der Waals surface area contributed by atoms with Crippen LogP contribution in [0.15, 0.2) is 12.4 Å². The fourth-order valence-electron chi connectivity index (χ4n) is 1.23. The topological polar surface area (TPSA) is 17.3 Å². The molecular formula is C8H15N2Re-. The Bertz CT molecular complexity index is 134. The van der Waals surface area contributed by atoms with E-state index in [2.05, 4.69) is 30.6 Å². The van der Waals surface area contributed by atoms with Crippen molar-refractivity contribution in [3.05, 3.63) is 17.7 Å². The Hall–Kier alpha value is 0.00234. The molecular weight excluding hydrogens is 310 g/mol. The molecule has 1 aliphatic rings. The summed E-state index contributed by atoms with van der Waals surface area (Å²) in [6.45, 7) is 10.3. The second-order valence-corrected chi connectivity index (χ2v) is 2.94. The molecule has 1 saturated heterocycles. The van der Waals surface area contributed by atoms with Crippen LogP contribution in [-0.4, -0.2) is 24.0 Å². The molecule has 0 unspecified atom stereocenters. The molecule has 0 bridgehead atoms. The molecule has 65 valence electrons. The third kappa shape index (κ3) is 2.85. The van der Waals surface area contributed by atoms with Crippen molar-refractivity contribution in [3.63, 3.8) is 0 Å². The van der Waals surface area contributed by atoms with Crippen LogP contribution in [0.25, 0.3) is 5.32 Å². The van der Waals surface area contributed by atoms with Crippen molar-refractivity contribution in [2.75, 3.05) is 13.1 Å². The molecule has 1 heterocycles. The van der Waals surface area contributed by atoms with E-state index in [4.69, 9.17) is 0 Å². The van der Waals surface area contributed by atoms with Gasteiger partial charge in [0.05, 0.1) is 0 Å². The largest absolute Gasteiger partial charge is 0.466 e. The third-order valence-electron chi connectivity index (χ3n) is 1.81. The van der Waals surface area contributed by atoms with Crippen molar-refractivity contribution >= 4 is 0 Å². The van der Waals surface area contributed by atoms with Gasteiger partial charge in [-0.05, 0) is 12.6 Å². The summed E-state index contributed by atoms with van der Waals surface area (Å²) in [4.78, 5) is 2.24. The van der Waals surface area contributed by atoms with Gasteiger partial charge in [0.15, 0.2) is 0 Å². The Kier molecular flexibility index (Phi) is 4.80. The average Bonchev–Trinajstić information content (AvgIpc) is 1.88. The summed E-state index contributed by atoms with van der Waals surface area (Å²) in [7, 11) is 0. The Labute approximate surface area is 82.7 Å². The second kappa shape index (κ2) is 4.79. The minimum Gasteiger partial charge on any atom is -0.466 e. The summed E-state index contributed by atoms with van der Waals surface area (Å²) in [5.74, 6) is 0.959. The van der Waals surface area contributed by atoms with Crippen LogP contribution in [0.5, 0.6) is 0 Å². The molecule has 0 saturated carbocycles. The quantitative estimate of drug-likeness (QED) is 0.720. The van der Waals surface area contributed by atoms with E-state index in [1.807, 2.05) is 0 Å². The van der Waals surface area contributed by atoms with Crippen LogP contribution < -0.4 is 0 Å². The molecule has 0 amide bonds. The zero-order chi connectivity index (χ0) is 7.56. The normalized spacial score (nSPS) is 17.7. The maximum absolute atomic E-state index is 4.26. The van der Waals surface area contributed by atoms with Gasteiger partial charge in [0.1, 0.15) is 0 Å². The monoisotopic (exact) mass is 326 g/mol. The van der Waals surface area contributed by atoms with Crippen LogP contribution in [0.4, 0.5) is 0 Å². The minimum absolute atomic E-state index is 0. The van der Waals surface area contributed by atoms with E-state index in [0.29, 0.717) is 6.04 Å². The molecule has 11 heavy (non-hydrogen) atoms. The molecule has 0 N–H and O–H groups in total. The van der Waals surface area contributed by atoms with Gasteiger partial charge in [-0.3, -0.25) is 0 Å². The molecule has 1 fully saturated rings. The van der Waals surface area contributed by atoms with Crippen LogP contribution in [0, 0.1) is 0 Å². The van der Waals surface area contributed by atoms with Crippen molar-refractivity contribution in [1.82, 2.24) is 4.90 Å². The summed E-state index contributed by atoms with van der Waals surface area (Å²) < 4.78 is 0. The molecule has 0 aliphatic carbocycles. The first-order valence-corrected chi connectivity index (χ1v) is 3.85. The van der Waals surface area contributed by atoms with Gasteiger partial charge in [0.25, 0.3) is 0 Å². The average molecular weight is 325 g/mol. The number of nitrogens with zero attached hydrogens (tertiary/aromatic N) is 2. The second-order valence-electron chi connectivity index (χ2n) is 2.94. The van der Waals surface area contributed by atoms with Crippen LogP contribution in [0.1, 0.15) is 20.3 Å². The Morgan fingerprint density at radius 3 is 2.55 bits per heavy atom. The van der Waals surface area contributed by atoms with Crippen molar-refractivity contribution in [2.24, 2.45) is 0 Å². The van der Waals surface area contributed by atoms with E-state index >= 15 is 0 Å². The zero-order valence-electron chi connectivity index (χ0n) is 7.18. The molecule has 1 aliphatic heterocycles. The fourth-order valence-corrected chi connectivity index (χ4v) is 1.23. The molecule has 0 aromatic rings. The van der Waals surface area contributed by atoms with Gasteiger partial charge in [0.2, 0.25) is 0 Å². The molecule has 0 aromatic carbocycles. The van der Waals surface area contributed by atoms with E-state index in [9.17, 15) is 0 Å². The van der Waals surface area contributed by atoms with Crippen LogP contribution in [-0.2, 0) is 20.4 Å². The molecule has 0 atom stereocenters. The molecule has 1 rings (SSSR count). The van der Waals surface area contributed by atoms with E-state index in [1.165, 1.54) is 6.42 Å². The number of rotatable bonds is 1. The van der Waals surface area contributed by atoms with E-state index < -0.39 is 0 Å². The maximum Gasteiger partial charge on any atom is 0 e. The molecule has 1 radical (unpaired) electrons. The molecule has 3 heteroatoms. The van der Waals surface area contributed by atoms with E-state index in [-0.39, 0.29) is 20.4 Å². The van der Waals surface area contributed by atoms with Crippen molar-refractivity contribution < 1.29 is 20.4 Å². The number of hydrogen-bond donors (Lipinski definition) is 0. The Morgan fingerprint density at radius 2 is 2.18 bits per heavy atom. The standard InChI is InChI=1S/C8H15N2.Re/c1-7(2)10-6-4-5-9-8(10)3;/h7H,3-6H2,1-2H3;/q-1;. The summed E-state index contributed by atoms with van der Waals surface area (Å²) >= 11 is 0. The van der Waals surface area contributed by atoms with Gasteiger partial charge in [-0.2, -0.15) is 0 Å². The predicted octanol–water partition coefficient (Wildman–Crippen LogP) is 1.94. The Morgan fingerprint density at radius 1 is 1.55 bits per heavy atom. The van der Waals surface area contributed by atoms with E-state index in [0.717, 1.165) is 18.9 Å². The first kappa shape index (κ1) is 11.0. The summed E-state index contributed by atoms with van der Waals surface area (Å²) in [6.07, 6.45) is 1.18. The first-order valence-electron chi connectivity index (χ1n) is 3.85. The van der Waals surface area contributed by atoms with E-state index in [1.54, 1.807) is 0 Å². The van der Waals surface area contributed by atoms with Crippen LogP contribution in [0.2, 0.25) is 0 Å². The summed E-state index contributed by atoms with van der Waals surface area (Å²) in [5, 5.41) is 4.26. The summed E-state index contributed by atoms with van der Waals surface area (Å²) in [5.41, 5.74) is 0. The predicted molar refractivity (Wildman–Crippen MR) is 43.8 cm³/mol. The Balaban J connectivity index is 0.000001000. The number of hydrogen-bond acceptors (Lipinski definition) is 1. The van der Waals surface area contributed by atoms with Gasteiger partial charge in [0, 0.05) is 20.4 Å². The zero-order valence-corrected chi connectivity index (χ0v) is 9.89. The molecule has 0 spiro atoms. The van der Waals surface area contributed by atoms with Crippen molar-refractivity contribution in [2.45, 2.75) is 26.3 Å². The molecule has 2 nitrogen and oxygen atoms in total.